The SMILES string of the molecule is CC(C)CN(C(C)C)C(CN)c1ccc2ccccc2c1. The van der Waals surface area contributed by atoms with Crippen molar-refractivity contribution in [3.05, 3.63) is 48.0 Å². The normalized spacial score (nSPS) is 13.5. The van der Waals surface area contributed by atoms with Gasteiger partial charge in [0.2, 0.25) is 0 Å². The lowest BCUT2D eigenvalue weighted by atomic mass is 9.98. The Morgan fingerprint density at radius 3 is 2.19 bits per heavy atom. The first-order valence-corrected chi connectivity index (χ1v) is 7.97. The van der Waals surface area contributed by atoms with Gasteiger partial charge in [0.1, 0.15) is 0 Å². The van der Waals surface area contributed by atoms with E-state index in [0.717, 1.165) is 6.54 Å². The quantitative estimate of drug-likeness (QED) is 0.861. The molecule has 0 radical (unpaired) electrons. The molecule has 0 spiro atoms. The molecule has 0 saturated carbocycles. The number of fused-ring (bicyclic) bond motifs is 1. The smallest absolute Gasteiger partial charge is 0.0473 e. The Bertz CT molecular complexity index is 575. The molecular formula is C19H28N2. The van der Waals surface area contributed by atoms with Crippen LogP contribution in [-0.4, -0.2) is 24.0 Å². The van der Waals surface area contributed by atoms with Crippen LogP contribution in [-0.2, 0) is 0 Å². The van der Waals surface area contributed by atoms with Crippen LogP contribution in [0.2, 0.25) is 0 Å². The first-order valence-electron chi connectivity index (χ1n) is 7.97. The Morgan fingerprint density at radius 1 is 0.952 bits per heavy atom. The summed E-state index contributed by atoms with van der Waals surface area (Å²) in [6, 6.07) is 16.0. The number of nitrogens with zero attached hydrogens (tertiary/aromatic N) is 1. The Morgan fingerprint density at radius 2 is 1.62 bits per heavy atom. The molecule has 2 N–H and O–H groups in total. The summed E-state index contributed by atoms with van der Waals surface area (Å²) in [6.45, 7) is 10.8. The minimum Gasteiger partial charge on any atom is -0.329 e. The Balaban J connectivity index is 2.36. The first-order chi connectivity index (χ1) is 10.0. The van der Waals surface area contributed by atoms with Gasteiger partial charge < -0.3 is 5.73 Å². The lowest BCUT2D eigenvalue weighted by molar-refractivity contribution is 0.138. The highest BCUT2D eigenvalue weighted by molar-refractivity contribution is 5.83. The van der Waals surface area contributed by atoms with Gasteiger partial charge in [0.15, 0.2) is 0 Å². The second kappa shape index (κ2) is 7.06. The van der Waals surface area contributed by atoms with Crippen LogP contribution in [0, 0.1) is 5.92 Å². The van der Waals surface area contributed by atoms with Crippen LogP contribution in [0.25, 0.3) is 10.8 Å². The van der Waals surface area contributed by atoms with Crippen LogP contribution in [0.5, 0.6) is 0 Å². The van der Waals surface area contributed by atoms with Crippen molar-refractivity contribution >= 4 is 10.8 Å². The first kappa shape index (κ1) is 16.0. The van der Waals surface area contributed by atoms with Crippen LogP contribution in [0.4, 0.5) is 0 Å². The van der Waals surface area contributed by atoms with Crippen molar-refractivity contribution in [2.24, 2.45) is 11.7 Å². The van der Waals surface area contributed by atoms with E-state index in [4.69, 9.17) is 5.73 Å². The summed E-state index contributed by atoms with van der Waals surface area (Å²) in [5.41, 5.74) is 7.45. The van der Waals surface area contributed by atoms with E-state index in [2.05, 4.69) is 75.1 Å². The van der Waals surface area contributed by atoms with E-state index in [9.17, 15) is 0 Å². The lowest BCUT2D eigenvalue weighted by Gasteiger charge is -2.36. The molecule has 0 aliphatic carbocycles. The standard InChI is InChI=1S/C19H28N2/c1-14(2)13-21(15(3)4)19(12-20)18-10-9-16-7-5-6-8-17(16)11-18/h5-11,14-15,19H,12-13,20H2,1-4H3. The summed E-state index contributed by atoms with van der Waals surface area (Å²) >= 11 is 0. The molecule has 0 amide bonds. The largest absolute Gasteiger partial charge is 0.329 e. The number of hydrogen-bond acceptors (Lipinski definition) is 2. The van der Waals surface area contributed by atoms with Gasteiger partial charge in [-0.3, -0.25) is 4.90 Å². The van der Waals surface area contributed by atoms with Gasteiger partial charge in [0.25, 0.3) is 0 Å². The van der Waals surface area contributed by atoms with E-state index in [1.165, 1.54) is 16.3 Å². The second-order valence-electron chi connectivity index (χ2n) is 6.54. The Labute approximate surface area is 128 Å². The van der Waals surface area contributed by atoms with E-state index in [0.29, 0.717) is 18.5 Å². The van der Waals surface area contributed by atoms with Crippen LogP contribution < -0.4 is 5.73 Å². The van der Waals surface area contributed by atoms with Crippen molar-refractivity contribution in [2.75, 3.05) is 13.1 Å². The van der Waals surface area contributed by atoms with Crippen molar-refractivity contribution in [1.82, 2.24) is 4.90 Å². The van der Waals surface area contributed by atoms with Gasteiger partial charge in [0, 0.05) is 25.2 Å². The Kier molecular flexibility index (Phi) is 5.38. The molecule has 0 aromatic heterocycles. The highest BCUT2D eigenvalue weighted by Gasteiger charge is 2.22. The highest BCUT2D eigenvalue weighted by atomic mass is 15.2. The highest BCUT2D eigenvalue weighted by Crippen LogP contribution is 2.26. The molecule has 0 heterocycles. The van der Waals surface area contributed by atoms with Crippen LogP contribution in [0.1, 0.15) is 39.3 Å². The molecule has 0 aliphatic rings. The fourth-order valence-corrected chi connectivity index (χ4v) is 3.00. The molecule has 0 fully saturated rings. The molecule has 2 aromatic carbocycles. The average Bonchev–Trinajstić information content (AvgIpc) is 2.46. The maximum Gasteiger partial charge on any atom is 0.0473 e. The van der Waals surface area contributed by atoms with E-state index < -0.39 is 0 Å². The predicted molar refractivity (Wildman–Crippen MR) is 92.4 cm³/mol. The van der Waals surface area contributed by atoms with E-state index >= 15 is 0 Å². The van der Waals surface area contributed by atoms with Gasteiger partial charge in [-0.15, -0.1) is 0 Å². The molecular weight excluding hydrogens is 256 g/mol. The van der Waals surface area contributed by atoms with Gasteiger partial charge in [0.05, 0.1) is 0 Å². The third-order valence-electron chi connectivity index (χ3n) is 4.02. The number of hydrogen-bond donors (Lipinski definition) is 1. The maximum absolute atomic E-state index is 6.12. The summed E-state index contributed by atoms with van der Waals surface area (Å²) in [5, 5.41) is 2.58. The van der Waals surface area contributed by atoms with E-state index in [1.54, 1.807) is 0 Å². The van der Waals surface area contributed by atoms with Gasteiger partial charge >= 0.3 is 0 Å². The monoisotopic (exact) mass is 284 g/mol. The van der Waals surface area contributed by atoms with E-state index in [-0.39, 0.29) is 6.04 Å². The molecule has 114 valence electrons. The molecule has 0 saturated heterocycles. The number of nitrogens with two attached hydrogens (primary N) is 1. The van der Waals surface area contributed by atoms with Crippen molar-refractivity contribution in [3.63, 3.8) is 0 Å². The maximum atomic E-state index is 6.12. The van der Waals surface area contributed by atoms with Gasteiger partial charge in [-0.05, 0) is 42.2 Å². The van der Waals surface area contributed by atoms with Gasteiger partial charge in [-0.2, -0.15) is 0 Å². The zero-order chi connectivity index (χ0) is 15.4. The van der Waals surface area contributed by atoms with Crippen molar-refractivity contribution in [1.29, 1.82) is 0 Å². The van der Waals surface area contributed by atoms with Crippen molar-refractivity contribution in [2.45, 2.75) is 39.8 Å². The molecule has 0 bridgehead atoms. The minimum atomic E-state index is 0.289. The summed E-state index contributed by atoms with van der Waals surface area (Å²) in [6.07, 6.45) is 0. The fourth-order valence-electron chi connectivity index (χ4n) is 3.00. The lowest BCUT2D eigenvalue weighted by Crippen LogP contribution is -2.40. The summed E-state index contributed by atoms with van der Waals surface area (Å²) in [7, 11) is 0. The molecule has 2 aromatic rings. The molecule has 2 rings (SSSR count). The third kappa shape index (κ3) is 3.84. The molecule has 2 heteroatoms. The van der Waals surface area contributed by atoms with Gasteiger partial charge in [-0.1, -0.05) is 50.2 Å². The molecule has 1 unspecified atom stereocenters. The van der Waals surface area contributed by atoms with Gasteiger partial charge in [-0.25, -0.2) is 0 Å². The third-order valence-corrected chi connectivity index (χ3v) is 4.02. The second-order valence-corrected chi connectivity index (χ2v) is 6.54. The van der Waals surface area contributed by atoms with Crippen LogP contribution >= 0.6 is 0 Å². The van der Waals surface area contributed by atoms with E-state index in [1.807, 2.05) is 0 Å². The van der Waals surface area contributed by atoms with Crippen LogP contribution in [0.15, 0.2) is 42.5 Å². The molecule has 21 heavy (non-hydrogen) atoms. The summed E-state index contributed by atoms with van der Waals surface area (Å²) < 4.78 is 0. The molecule has 2 nitrogen and oxygen atoms in total. The molecule has 0 aliphatic heterocycles. The average molecular weight is 284 g/mol. The summed E-state index contributed by atoms with van der Waals surface area (Å²) in [5.74, 6) is 0.641. The predicted octanol–water partition coefficient (Wildman–Crippen LogP) is 4.21. The Hall–Kier alpha value is -1.38. The fraction of sp³-hybridized carbons (Fsp3) is 0.474. The molecule has 1 atom stereocenters. The number of rotatable bonds is 6. The summed E-state index contributed by atoms with van der Waals surface area (Å²) in [4.78, 5) is 2.52. The zero-order valence-corrected chi connectivity index (χ0v) is 13.7. The topological polar surface area (TPSA) is 29.3 Å². The van der Waals surface area contributed by atoms with Crippen molar-refractivity contribution in [3.8, 4) is 0 Å². The number of benzene rings is 2. The van der Waals surface area contributed by atoms with Crippen molar-refractivity contribution < 1.29 is 0 Å². The van der Waals surface area contributed by atoms with Crippen LogP contribution in [0.3, 0.4) is 0 Å². The zero-order valence-electron chi connectivity index (χ0n) is 13.7. The minimum absolute atomic E-state index is 0.289.